The molecule has 22 heavy (non-hydrogen) atoms. The van der Waals surface area contributed by atoms with Gasteiger partial charge in [0.05, 0.1) is 14.2 Å². The molecule has 0 atom stereocenters. The summed E-state index contributed by atoms with van der Waals surface area (Å²) >= 11 is 0. The van der Waals surface area contributed by atoms with Crippen LogP contribution in [-0.2, 0) is 17.9 Å². The van der Waals surface area contributed by atoms with Gasteiger partial charge in [-0.3, -0.25) is 4.79 Å². The molecular weight excluding hydrogens is 286 g/mol. The molecule has 0 aliphatic carbocycles. The van der Waals surface area contributed by atoms with E-state index in [2.05, 4.69) is 5.32 Å². The fourth-order valence-electron chi connectivity index (χ4n) is 2.08. The number of furan rings is 1. The maximum absolute atomic E-state index is 12.1. The van der Waals surface area contributed by atoms with Crippen LogP contribution in [-0.4, -0.2) is 27.2 Å². The molecule has 0 fully saturated rings. The molecule has 118 valence electrons. The number of benzene rings is 1. The molecule has 1 aromatic carbocycles. The predicted molar refractivity (Wildman–Crippen MR) is 80.1 cm³/mol. The van der Waals surface area contributed by atoms with Gasteiger partial charge in [-0.1, -0.05) is 12.1 Å². The fraction of sp³-hybridized carbons (Fsp3) is 0.312. The third-order valence-corrected chi connectivity index (χ3v) is 3.10. The van der Waals surface area contributed by atoms with Gasteiger partial charge in [0.2, 0.25) is 0 Å². The Morgan fingerprint density at radius 3 is 2.64 bits per heavy atom. The van der Waals surface area contributed by atoms with E-state index >= 15 is 0 Å². The Hall–Kier alpha value is -2.47. The van der Waals surface area contributed by atoms with Crippen LogP contribution in [0.4, 0.5) is 0 Å². The molecule has 2 rings (SSSR count). The molecule has 0 unspecified atom stereocenters. The lowest BCUT2D eigenvalue weighted by Gasteiger charge is -2.12. The van der Waals surface area contributed by atoms with E-state index in [0.717, 1.165) is 5.56 Å². The van der Waals surface area contributed by atoms with Crippen molar-refractivity contribution in [2.24, 2.45) is 0 Å². The number of carbonyl (C=O) groups excluding carboxylic acids is 1. The maximum atomic E-state index is 12.1. The summed E-state index contributed by atoms with van der Waals surface area (Å²) in [6, 6.07) is 8.83. The highest BCUT2D eigenvalue weighted by molar-refractivity contribution is 5.91. The zero-order chi connectivity index (χ0) is 15.9. The van der Waals surface area contributed by atoms with Gasteiger partial charge in [0, 0.05) is 19.2 Å². The van der Waals surface area contributed by atoms with E-state index in [4.69, 9.17) is 18.6 Å². The molecule has 0 aliphatic heterocycles. The number of ether oxygens (including phenoxy) is 3. The lowest BCUT2D eigenvalue weighted by atomic mass is 10.2. The molecule has 0 aliphatic rings. The smallest absolute Gasteiger partial charge is 0.287 e. The zero-order valence-corrected chi connectivity index (χ0v) is 12.8. The summed E-state index contributed by atoms with van der Waals surface area (Å²) in [6.45, 7) is 0.635. The van der Waals surface area contributed by atoms with Gasteiger partial charge >= 0.3 is 0 Å². The molecule has 1 heterocycles. The Morgan fingerprint density at radius 2 is 1.95 bits per heavy atom. The van der Waals surface area contributed by atoms with Crippen molar-refractivity contribution in [1.29, 1.82) is 0 Å². The van der Waals surface area contributed by atoms with Crippen LogP contribution < -0.4 is 14.8 Å². The first-order valence-corrected chi connectivity index (χ1v) is 6.75. The van der Waals surface area contributed by atoms with Crippen molar-refractivity contribution in [1.82, 2.24) is 5.32 Å². The van der Waals surface area contributed by atoms with Gasteiger partial charge in [-0.2, -0.15) is 0 Å². The third-order valence-electron chi connectivity index (χ3n) is 3.10. The summed E-state index contributed by atoms with van der Waals surface area (Å²) < 4.78 is 20.9. The quantitative estimate of drug-likeness (QED) is 0.850. The first kappa shape index (κ1) is 15.9. The zero-order valence-electron chi connectivity index (χ0n) is 12.8. The monoisotopic (exact) mass is 305 g/mol. The van der Waals surface area contributed by atoms with Crippen molar-refractivity contribution in [3.8, 4) is 11.5 Å². The van der Waals surface area contributed by atoms with Crippen LogP contribution in [0.15, 0.2) is 34.7 Å². The number of nitrogens with one attached hydrogen (secondary N) is 1. The Labute approximate surface area is 129 Å². The molecule has 6 nitrogen and oxygen atoms in total. The van der Waals surface area contributed by atoms with Gasteiger partial charge in [0.25, 0.3) is 5.91 Å². The Kier molecular flexibility index (Phi) is 5.43. The molecule has 1 N–H and O–H groups in total. The van der Waals surface area contributed by atoms with E-state index in [9.17, 15) is 4.79 Å². The SMILES string of the molecule is COCc1ccc(C(=O)NCc2cccc(OC)c2OC)o1. The standard InChI is InChI=1S/C16H19NO5/c1-19-10-12-7-8-14(22-12)16(18)17-9-11-5-4-6-13(20-2)15(11)21-3/h4-8H,9-10H2,1-3H3,(H,17,18). The fourth-order valence-corrected chi connectivity index (χ4v) is 2.08. The van der Waals surface area contributed by atoms with Crippen LogP contribution in [0, 0.1) is 0 Å². The van der Waals surface area contributed by atoms with Crippen LogP contribution in [0.25, 0.3) is 0 Å². The molecule has 0 saturated carbocycles. The summed E-state index contributed by atoms with van der Waals surface area (Å²) in [6.07, 6.45) is 0. The van der Waals surface area contributed by atoms with Crippen molar-refractivity contribution < 1.29 is 23.4 Å². The second-order valence-electron chi connectivity index (χ2n) is 4.53. The molecular formula is C16H19NO5. The summed E-state index contributed by atoms with van der Waals surface area (Å²) in [5.41, 5.74) is 0.818. The average Bonchev–Trinajstić information content (AvgIpc) is 3.01. The van der Waals surface area contributed by atoms with Crippen molar-refractivity contribution in [3.05, 3.63) is 47.4 Å². The van der Waals surface area contributed by atoms with E-state index in [1.54, 1.807) is 39.5 Å². The Bertz CT molecular complexity index is 635. The molecule has 6 heteroatoms. The molecule has 0 bridgehead atoms. The highest BCUT2D eigenvalue weighted by Gasteiger charge is 2.14. The summed E-state index contributed by atoms with van der Waals surface area (Å²) in [5.74, 6) is 1.77. The molecule has 1 aromatic heterocycles. The van der Waals surface area contributed by atoms with Gasteiger partial charge in [0.1, 0.15) is 12.4 Å². The van der Waals surface area contributed by atoms with Crippen LogP contribution in [0.2, 0.25) is 0 Å². The van der Waals surface area contributed by atoms with Gasteiger partial charge in [-0.05, 0) is 18.2 Å². The highest BCUT2D eigenvalue weighted by atomic mass is 16.5. The molecule has 0 radical (unpaired) electrons. The second kappa shape index (κ2) is 7.51. The van der Waals surface area contributed by atoms with E-state index in [1.165, 1.54) is 0 Å². The van der Waals surface area contributed by atoms with E-state index in [1.807, 2.05) is 12.1 Å². The van der Waals surface area contributed by atoms with Crippen molar-refractivity contribution in [3.63, 3.8) is 0 Å². The second-order valence-corrected chi connectivity index (χ2v) is 4.53. The van der Waals surface area contributed by atoms with Crippen molar-refractivity contribution in [2.75, 3.05) is 21.3 Å². The van der Waals surface area contributed by atoms with E-state index in [0.29, 0.717) is 30.4 Å². The largest absolute Gasteiger partial charge is 0.493 e. The summed E-state index contributed by atoms with van der Waals surface area (Å²) in [7, 11) is 4.70. The minimum Gasteiger partial charge on any atom is -0.493 e. The van der Waals surface area contributed by atoms with Crippen LogP contribution >= 0.6 is 0 Å². The Morgan fingerprint density at radius 1 is 1.14 bits per heavy atom. The van der Waals surface area contributed by atoms with Crippen molar-refractivity contribution in [2.45, 2.75) is 13.2 Å². The topological polar surface area (TPSA) is 69.9 Å². The number of amides is 1. The van der Waals surface area contributed by atoms with Gasteiger partial charge in [-0.15, -0.1) is 0 Å². The molecule has 1 amide bonds. The van der Waals surface area contributed by atoms with Gasteiger partial charge in [0.15, 0.2) is 17.3 Å². The first-order valence-electron chi connectivity index (χ1n) is 6.75. The van der Waals surface area contributed by atoms with Crippen LogP contribution in [0.1, 0.15) is 21.9 Å². The number of hydrogen-bond donors (Lipinski definition) is 1. The molecule has 0 spiro atoms. The molecule has 0 saturated heterocycles. The van der Waals surface area contributed by atoms with Gasteiger partial charge < -0.3 is 23.9 Å². The van der Waals surface area contributed by atoms with Crippen LogP contribution in [0.3, 0.4) is 0 Å². The van der Waals surface area contributed by atoms with E-state index < -0.39 is 0 Å². The maximum Gasteiger partial charge on any atom is 0.287 e. The Balaban J connectivity index is 2.04. The minimum absolute atomic E-state index is 0.244. The number of hydrogen-bond acceptors (Lipinski definition) is 5. The average molecular weight is 305 g/mol. The number of carbonyl (C=O) groups is 1. The minimum atomic E-state index is -0.299. The summed E-state index contributed by atoms with van der Waals surface area (Å²) in [4.78, 5) is 12.1. The normalized spacial score (nSPS) is 10.3. The van der Waals surface area contributed by atoms with Gasteiger partial charge in [-0.25, -0.2) is 0 Å². The van der Waals surface area contributed by atoms with Crippen LogP contribution in [0.5, 0.6) is 11.5 Å². The predicted octanol–water partition coefficient (Wildman–Crippen LogP) is 2.37. The van der Waals surface area contributed by atoms with Crippen molar-refractivity contribution >= 4 is 5.91 Å². The van der Waals surface area contributed by atoms with E-state index in [-0.39, 0.29) is 11.7 Å². The summed E-state index contributed by atoms with van der Waals surface area (Å²) in [5, 5.41) is 2.79. The lowest BCUT2D eigenvalue weighted by molar-refractivity contribution is 0.0914. The third kappa shape index (κ3) is 3.59. The molecule has 2 aromatic rings. The highest BCUT2D eigenvalue weighted by Crippen LogP contribution is 2.30. The number of methoxy groups -OCH3 is 3. The number of rotatable bonds is 7. The first-order chi connectivity index (χ1) is 10.7. The number of para-hydroxylation sites is 1. The lowest BCUT2D eigenvalue weighted by Crippen LogP contribution is -2.22.